The standard InChI is InChI=1S/C16H15NOS/c1-3-7-15-11(5-1)13(9-18-15)17-14-10-19-16-8-4-2-6-12(14)16/h1-8,13-14,17H,9-10H2. The highest BCUT2D eigenvalue weighted by Crippen LogP contribution is 2.40. The van der Waals surface area contributed by atoms with Crippen LogP contribution in [0.3, 0.4) is 0 Å². The van der Waals surface area contributed by atoms with Gasteiger partial charge in [0.05, 0.1) is 6.04 Å². The summed E-state index contributed by atoms with van der Waals surface area (Å²) in [5, 5.41) is 3.74. The van der Waals surface area contributed by atoms with Gasteiger partial charge in [-0.1, -0.05) is 36.4 Å². The molecule has 0 aromatic heterocycles. The highest BCUT2D eigenvalue weighted by atomic mass is 32.2. The van der Waals surface area contributed by atoms with Crippen molar-refractivity contribution in [2.45, 2.75) is 17.0 Å². The van der Waals surface area contributed by atoms with E-state index in [0.717, 1.165) is 18.1 Å². The topological polar surface area (TPSA) is 21.3 Å². The third-order valence-corrected chi connectivity index (χ3v) is 4.99. The van der Waals surface area contributed by atoms with Crippen LogP contribution in [0.25, 0.3) is 0 Å². The van der Waals surface area contributed by atoms with Crippen molar-refractivity contribution in [2.75, 3.05) is 12.4 Å². The van der Waals surface area contributed by atoms with Crippen LogP contribution in [0.1, 0.15) is 23.2 Å². The minimum atomic E-state index is 0.313. The molecule has 0 saturated heterocycles. The molecule has 2 atom stereocenters. The lowest BCUT2D eigenvalue weighted by Crippen LogP contribution is -2.27. The fourth-order valence-corrected chi connectivity index (χ4v) is 4.02. The summed E-state index contributed by atoms with van der Waals surface area (Å²) < 4.78 is 5.74. The molecule has 2 aromatic rings. The fraction of sp³-hybridized carbons (Fsp3) is 0.250. The van der Waals surface area contributed by atoms with E-state index in [1.165, 1.54) is 16.0 Å². The molecule has 0 saturated carbocycles. The van der Waals surface area contributed by atoms with Gasteiger partial charge < -0.3 is 4.74 Å². The predicted molar refractivity (Wildman–Crippen MR) is 77.7 cm³/mol. The molecule has 19 heavy (non-hydrogen) atoms. The van der Waals surface area contributed by atoms with Crippen LogP contribution in [0.4, 0.5) is 0 Å². The highest BCUT2D eigenvalue weighted by molar-refractivity contribution is 7.99. The van der Waals surface area contributed by atoms with Gasteiger partial charge >= 0.3 is 0 Å². The molecule has 2 aromatic carbocycles. The van der Waals surface area contributed by atoms with Gasteiger partial charge in [-0.2, -0.15) is 0 Å². The zero-order chi connectivity index (χ0) is 12.7. The molecule has 0 bridgehead atoms. The monoisotopic (exact) mass is 269 g/mol. The van der Waals surface area contributed by atoms with E-state index in [1.807, 2.05) is 23.9 Å². The summed E-state index contributed by atoms with van der Waals surface area (Å²) in [6.07, 6.45) is 0. The number of ether oxygens (including phenoxy) is 1. The number of rotatable bonds is 2. The minimum absolute atomic E-state index is 0.313. The quantitative estimate of drug-likeness (QED) is 0.900. The largest absolute Gasteiger partial charge is 0.491 e. The lowest BCUT2D eigenvalue weighted by Gasteiger charge is -2.18. The Hall–Kier alpha value is -1.45. The zero-order valence-electron chi connectivity index (χ0n) is 10.5. The van der Waals surface area contributed by atoms with Crippen molar-refractivity contribution in [1.29, 1.82) is 0 Å². The van der Waals surface area contributed by atoms with E-state index < -0.39 is 0 Å². The van der Waals surface area contributed by atoms with Crippen LogP contribution in [0.5, 0.6) is 5.75 Å². The first-order chi connectivity index (χ1) is 9.42. The van der Waals surface area contributed by atoms with Crippen LogP contribution < -0.4 is 10.1 Å². The van der Waals surface area contributed by atoms with Gasteiger partial charge in [0.2, 0.25) is 0 Å². The Morgan fingerprint density at radius 1 is 0.947 bits per heavy atom. The molecule has 2 nitrogen and oxygen atoms in total. The SMILES string of the molecule is c1ccc2c(c1)OCC2NC1CSc2ccccc21. The van der Waals surface area contributed by atoms with Gasteiger partial charge in [-0.05, 0) is 17.7 Å². The summed E-state index contributed by atoms with van der Waals surface area (Å²) in [4.78, 5) is 1.41. The van der Waals surface area contributed by atoms with E-state index in [-0.39, 0.29) is 0 Å². The predicted octanol–water partition coefficient (Wildman–Crippen LogP) is 3.56. The summed E-state index contributed by atoms with van der Waals surface area (Å²) in [5.74, 6) is 2.14. The summed E-state index contributed by atoms with van der Waals surface area (Å²) in [7, 11) is 0. The average molecular weight is 269 g/mol. The van der Waals surface area contributed by atoms with Gasteiger partial charge in [0.1, 0.15) is 12.4 Å². The fourth-order valence-electron chi connectivity index (χ4n) is 2.84. The number of para-hydroxylation sites is 1. The second kappa shape index (κ2) is 4.58. The van der Waals surface area contributed by atoms with Crippen molar-refractivity contribution >= 4 is 11.8 Å². The van der Waals surface area contributed by atoms with E-state index in [2.05, 4.69) is 41.7 Å². The molecular formula is C16H15NOS. The van der Waals surface area contributed by atoms with E-state index in [9.17, 15) is 0 Å². The number of benzene rings is 2. The van der Waals surface area contributed by atoms with Crippen molar-refractivity contribution in [3.63, 3.8) is 0 Å². The molecule has 0 amide bonds. The third kappa shape index (κ3) is 1.94. The van der Waals surface area contributed by atoms with Crippen LogP contribution in [-0.2, 0) is 0 Å². The normalized spacial score (nSPS) is 23.8. The van der Waals surface area contributed by atoms with Crippen molar-refractivity contribution in [3.8, 4) is 5.75 Å². The second-order valence-electron chi connectivity index (χ2n) is 4.97. The molecule has 2 aliphatic heterocycles. The lowest BCUT2D eigenvalue weighted by atomic mass is 10.0. The molecule has 0 fully saturated rings. The van der Waals surface area contributed by atoms with Gasteiger partial charge in [-0.3, -0.25) is 5.32 Å². The maximum Gasteiger partial charge on any atom is 0.124 e. The van der Waals surface area contributed by atoms with E-state index >= 15 is 0 Å². The van der Waals surface area contributed by atoms with Gasteiger partial charge in [-0.15, -0.1) is 11.8 Å². The van der Waals surface area contributed by atoms with E-state index in [4.69, 9.17) is 4.74 Å². The van der Waals surface area contributed by atoms with Crippen molar-refractivity contribution in [3.05, 3.63) is 59.7 Å². The summed E-state index contributed by atoms with van der Waals surface area (Å²) in [6, 6.07) is 17.7. The molecule has 2 aliphatic rings. The van der Waals surface area contributed by atoms with Gasteiger partial charge in [-0.25, -0.2) is 0 Å². The summed E-state index contributed by atoms with van der Waals surface area (Å²) >= 11 is 1.94. The van der Waals surface area contributed by atoms with Gasteiger partial charge in [0, 0.05) is 22.3 Å². The second-order valence-corrected chi connectivity index (χ2v) is 6.03. The van der Waals surface area contributed by atoms with Crippen molar-refractivity contribution < 1.29 is 4.74 Å². The molecule has 1 N–H and O–H groups in total. The molecule has 2 unspecified atom stereocenters. The number of hydrogen-bond donors (Lipinski definition) is 1. The van der Waals surface area contributed by atoms with Crippen LogP contribution in [-0.4, -0.2) is 12.4 Å². The third-order valence-electron chi connectivity index (χ3n) is 3.80. The highest BCUT2D eigenvalue weighted by Gasteiger charge is 2.29. The number of nitrogens with one attached hydrogen (secondary N) is 1. The Balaban J connectivity index is 1.58. The Labute approximate surface area is 117 Å². The molecular weight excluding hydrogens is 254 g/mol. The number of thioether (sulfide) groups is 1. The molecule has 4 rings (SSSR count). The van der Waals surface area contributed by atoms with Crippen LogP contribution in [0, 0.1) is 0 Å². The van der Waals surface area contributed by atoms with Gasteiger partial charge in [0.15, 0.2) is 0 Å². The average Bonchev–Trinajstić information content (AvgIpc) is 3.05. The van der Waals surface area contributed by atoms with E-state index in [1.54, 1.807) is 0 Å². The first kappa shape index (κ1) is 11.4. The zero-order valence-corrected chi connectivity index (χ0v) is 11.3. The maximum atomic E-state index is 5.74. The number of hydrogen-bond acceptors (Lipinski definition) is 3. The van der Waals surface area contributed by atoms with Crippen LogP contribution in [0.2, 0.25) is 0 Å². The van der Waals surface area contributed by atoms with Crippen LogP contribution >= 0.6 is 11.8 Å². The molecule has 2 heterocycles. The Morgan fingerprint density at radius 2 is 1.74 bits per heavy atom. The lowest BCUT2D eigenvalue weighted by molar-refractivity contribution is 0.302. The molecule has 0 aliphatic carbocycles. The summed E-state index contributed by atoms with van der Waals surface area (Å²) in [6.45, 7) is 0.739. The first-order valence-electron chi connectivity index (χ1n) is 6.61. The number of fused-ring (bicyclic) bond motifs is 2. The van der Waals surface area contributed by atoms with E-state index in [0.29, 0.717) is 12.1 Å². The minimum Gasteiger partial charge on any atom is -0.491 e. The van der Waals surface area contributed by atoms with Crippen LogP contribution in [0.15, 0.2) is 53.4 Å². The molecule has 96 valence electrons. The first-order valence-corrected chi connectivity index (χ1v) is 7.60. The van der Waals surface area contributed by atoms with Gasteiger partial charge in [0.25, 0.3) is 0 Å². The van der Waals surface area contributed by atoms with Crippen molar-refractivity contribution in [1.82, 2.24) is 5.32 Å². The summed E-state index contributed by atoms with van der Waals surface area (Å²) in [5.41, 5.74) is 2.72. The molecule has 0 radical (unpaired) electrons. The molecule has 0 spiro atoms. The maximum absolute atomic E-state index is 5.74. The Kier molecular flexibility index (Phi) is 2.75. The van der Waals surface area contributed by atoms with Crippen molar-refractivity contribution in [2.24, 2.45) is 0 Å². The Morgan fingerprint density at radius 3 is 2.68 bits per heavy atom. The smallest absolute Gasteiger partial charge is 0.124 e. The molecule has 3 heteroatoms. The Bertz CT molecular complexity index is 560.